The van der Waals surface area contributed by atoms with Gasteiger partial charge >= 0.3 is 6.18 Å². The lowest BCUT2D eigenvalue weighted by Crippen LogP contribution is -2.38. The predicted octanol–water partition coefficient (Wildman–Crippen LogP) is 3.80. The van der Waals surface area contributed by atoms with E-state index in [1.165, 1.54) is 25.4 Å². The Kier molecular flexibility index (Phi) is 9.18. The lowest BCUT2D eigenvalue weighted by Gasteiger charge is -2.12. The van der Waals surface area contributed by atoms with Crippen molar-refractivity contribution in [2.45, 2.75) is 33.0 Å². The summed E-state index contributed by atoms with van der Waals surface area (Å²) in [5.74, 6) is 0.130. The lowest BCUT2D eigenvalue weighted by atomic mass is 10.1. The van der Waals surface area contributed by atoms with Crippen LogP contribution in [-0.4, -0.2) is 28.8 Å². The van der Waals surface area contributed by atoms with Gasteiger partial charge in [0.05, 0.1) is 6.54 Å². The number of aliphatic imine (C=N–C) groups is 1. The molecule has 0 saturated carbocycles. The molecule has 0 radical (unpaired) electrons. The molecule has 0 aliphatic carbocycles. The van der Waals surface area contributed by atoms with Gasteiger partial charge in [0.1, 0.15) is 5.82 Å². The fourth-order valence-electron chi connectivity index (χ4n) is 2.65. The number of halogens is 5. The van der Waals surface area contributed by atoms with Crippen molar-refractivity contribution in [2.24, 2.45) is 12.0 Å². The topological polar surface area (TPSA) is 54.2 Å². The number of rotatable bonds is 6. The second-order valence-corrected chi connectivity index (χ2v) is 6.12. The Balaban J connectivity index is 0.00000392. The van der Waals surface area contributed by atoms with Gasteiger partial charge in [-0.1, -0.05) is 6.07 Å². The Labute approximate surface area is 178 Å². The average Bonchev–Trinajstić information content (AvgIpc) is 2.96. The molecule has 1 aromatic carbocycles. The minimum Gasteiger partial charge on any atom is -0.357 e. The Bertz CT molecular complexity index is 802. The van der Waals surface area contributed by atoms with Gasteiger partial charge in [0.15, 0.2) is 11.7 Å². The van der Waals surface area contributed by atoms with Crippen LogP contribution >= 0.6 is 24.0 Å². The molecule has 2 rings (SSSR count). The van der Waals surface area contributed by atoms with Crippen LogP contribution in [0.3, 0.4) is 0 Å². The van der Waals surface area contributed by atoms with Gasteiger partial charge in [-0.25, -0.2) is 9.38 Å². The highest BCUT2D eigenvalue weighted by atomic mass is 127. The number of alkyl halides is 3. The van der Waals surface area contributed by atoms with Crippen LogP contribution in [0.15, 0.2) is 29.4 Å². The summed E-state index contributed by atoms with van der Waals surface area (Å²) in [5, 5.41) is 9.56. The van der Waals surface area contributed by atoms with E-state index in [9.17, 15) is 17.6 Å². The maximum absolute atomic E-state index is 13.1. The third-order valence-electron chi connectivity index (χ3n) is 3.92. The molecule has 0 aliphatic rings. The smallest absolute Gasteiger partial charge is 0.357 e. The molecule has 0 spiro atoms. The van der Waals surface area contributed by atoms with Crippen molar-refractivity contribution in [1.82, 2.24) is 20.4 Å². The van der Waals surface area contributed by atoms with Gasteiger partial charge in [0.25, 0.3) is 0 Å². The van der Waals surface area contributed by atoms with Crippen LogP contribution in [0.5, 0.6) is 0 Å². The summed E-state index contributed by atoms with van der Waals surface area (Å²) in [4.78, 5) is 4.22. The van der Waals surface area contributed by atoms with E-state index in [0.717, 1.165) is 15.8 Å². The highest BCUT2D eigenvalue weighted by Gasteiger charge is 2.36. The van der Waals surface area contributed by atoms with Crippen LogP contribution in [0.1, 0.15) is 29.3 Å². The third kappa shape index (κ3) is 6.95. The van der Waals surface area contributed by atoms with Crippen LogP contribution in [0, 0.1) is 12.7 Å². The number of nitrogens with one attached hydrogen (secondary N) is 2. The molecule has 0 fully saturated rings. The van der Waals surface area contributed by atoms with E-state index in [0.29, 0.717) is 25.5 Å². The summed E-state index contributed by atoms with van der Waals surface area (Å²) in [6.45, 7) is 4.64. The molecule has 0 aliphatic heterocycles. The maximum Gasteiger partial charge on any atom is 0.435 e. The molecule has 5 nitrogen and oxygen atoms in total. The van der Waals surface area contributed by atoms with E-state index in [1.54, 1.807) is 6.07 Å². The SMILES string of the molecule is CCNC(=NCc1cn(C)nc1C(F)(F)F)NCCc1ccc(F)cc1C.I. The van der Waals surface area contributed by atoms with Crippen molar-refractivity contribution in [3.8, 4) is 0 Å². The van der Waals surface area contributed by atoms with Crippen molar-refractivity contribution in [2.75, 3.05) is 13.1 Å². The first-order chi connectivity index (χ1) is 12.7. The highest BCUT2D eigenvalue weighted by Crippen LogP contribution is 2.30. The van der Waals surface area contributed by atoms with Gasteiger partial charge in [0.2, 0.25) is 0 Å². The molecule has 2 aromatic rings. The molecule has 0 unspecified atom stereocenters. The van der Waals surface area contributed by atoms with Gasteiger partial charge in [-0.3, -0.25) is 4.68 Å². The predicted molar refractivity (Wildman–Crippen MR) is 111 cm³/mol. The molecule has 0 bridgehead atoms. The maximum atomic E-state index is 13.1. The summed E-state index contributed by atoms with van der Waals surface area (Å²) in [5.41, 5.74) is 0.929. The molecular formula is C18H24F4IN5. The standard InChI is InChI=1S/C18H23F4N5.HI/c1-4-23-17(24-8-7-13-5-6-15(19)9-12(13)2)25-10-14-11-27(3)26-16(14)18(20,21)22;/h5-6,9,11H,4,7-8,10H2,1-3H3,(H2,23,24,25);1H. The fourth-order valence-corrected chi connectivity index (χ4v) is 2.65. The first kappa shape index (κ1) is 24.2. The molecule has 0 amide bonds. The Hall–Kier alpha value is -1.85. The zero-order valence-corrected chi connectivity index (χ0v) is 18.2. The summed E-state index contributed by atoms with van der Waals surface area (Å²) in [6, 6.07) is 4.60. The Morgan fingerprint density at radius 1 is 1.21 bits per heavy atom. The van der Waals surface area contributed by atoms with Crippen LogP contribution in [0.25, 0.3) is 0 Å². The fraction of sp³-hybridized carbons (Fsp3) is 0.444. The van der Waals surface area contributed by atoms with Crippen LogP contribution < -0.4 is 10.6 Å². The molecule has 156 valence electrons. The number of aryl methyl sites for hydroxylation is 2. The summed E-state index contributed by atoms with van der Waals surface area (Å²) in [7, 11) is 1.44. The Morgan fingerprint density at radius 3 is 2.54 bits per heavy atom. The van der Waals surface area contributed by atoms with Crippen molar-refractivity contribution >= 4 is 29.9 Å². The quantitative estimate of drug-likeness (QED) is 0.268. The largest absolute Gasteiger partial charge is 0.435 e. The number of nitrogens with zero attached hydrogens (tertiary/aromatic N) is 3. The van der Waals surface area contributed by atoms with E-state index in [4.69, 9.17) is 0 Å². The van der Waals surface area contributed by atoms with Crippen LogP contribution in [-0.2, 0) is 26.2 Å². The van der Waals surface area contributed by atoms with E-state index < -0.39 is 11.9 Å². The summed E-state index contributed by atoms with van der Waals surface area (Å²) in [6.07, 6.45) is -2.56. The molecule has 2 N–H and O–H groups in total. The monoisotopic (exact) mass is 513 g/mol. The van der Waals surface area contributed by atoms with Gasteiger partial charge < -0.3 is 10.6 Å². The van der Waals surface area contributed by atoms with Crippen molar-refractivity contribution in [3.05, 3.63) is 52.6 Å². The zero-order chi connectivity index (χ0) is 20.0. The zero-order valence-electron chi connectivity index (χ0n) is 15.9. The molecule has 0 saturated heterocycles. The van der Waals surface area contributed by atoms with Gasteiger partial charge in [-0.05, 0) is 43.5 Å². The first-order valence-electron chi connectivity index (χ1n) is 8.57. The van der Waals surface area contributed by atoms with Gasteiger partial charge in [0, 0.05) is 31.9 Å². The van der Waals surface area contributed by atoms with E-state index in [-0.39, 0.29) is 41.9 Å². The number of hydrogen-bond acceptors (Lipinski definition) is 2. The molecule has 28 heavy (non-hydrogen) atoms. The van der Waals surface area contributed by atoms with Crippen LogP contribution in [0.4, 0.5) is 17.6 Å². The summed E-state index contributed by atoms with van der Waals surface area (Å²) < 4.78 is 53.3. The minimum atomic E-state index is -4.52. The number of guanidine groups is 1. The summed E-state index contributed by atoms with van der Waals surface area (Å²) >= 11 is 0. The molecule has 1 heterocycles. The minimum absolute atomic E-state index is 0. The third-order valence-corrected chi connectivity index (χ3v) is 3.92. The second kappa shape index (κ2) is 10.6. The number of benzene rings is 1. The molecule has 10 heteroatoms. The van der Waals surface area contributed by atoms with Crippen molar-refractivity contribution < 1.29 is 17.6 Å². The first-order valence-corrected chi connectivity index (χ1v) is 8.57. The normalized spacial score (nSPS) is 11.9. The molecule has 1 aromatic heterocycles. The van der Waals surface area contributed by atoms with Crippen molar-refractivity contribution in [3.63, 3.8) is 0 Å². The lowest BCUT2D eigenvalue weighted by molar-refractivity contribution is -0.142. The van der Waals surface area contributed by atoms with Crippen molar-refractivity contribution in [1.29, 1.82) is 0 Å². The second-order valence-electron chi connectivity index (χ2n) is 6.12. The van der Waals surface area contributed by atoms with Gasteiger partial charge in [-0.2, -0.15) is 18.3 Å². The van der Waals surface area contributed by atoms with E-state index >= 15 is 0 Å². The Morgan fingerprint density at radius 2 is 1.93 bits per heavy atom. The average molecular weight is 513 g/mol. The van der Waals surface area contributed by atoms with E-state index in [1.807, 2.05) is 13.8 Å². The number of hydrogen-bond donors (Lipinski definition) is 2. The number of aromatic nitrogens is 2. The molecule has 0 atom stereocenters. The van der Waals surface area contributed by atoms with Gasteiger partial charge in [-0.15, -0.1) is 24.0 Å². The molecular weight excluding hydrogens is 489 g/mol. The highest BCUT2D eigenvalue weighted by molar-refractivity contribution is 14.0. The van der Waals surface area contributed by atoms with Crippen LogP contribution in [0.2, 0.25) is 0 Å². The van der Waals surface area contributed by atoms with E-state index in [2.05, 4.69) is 20.7 Å².